The normalized spacial score (nSPS) is 15.2. The second-order valence-corrected chi connectivity index (χ2v) is 6.04. The van der Waals surface area contributed by atoms with Gasteiger partial charge in [-0.2, -0.15) is 13.2 Å². The average molecular weight is 335 g/mol. The second-order valence-electron chi connectivity index (χ2n) is 6.04. The summed E-state index contributed by atoms with van der Waals surface area (Å²) >= 11 is 0. The van der Waals surface area contributed by atoms with Gasteiger partial charge in [0.2, 0.25) is 0 Å². The first kappa shape index (κ1) is 16.7. The summed E-state index contributed by atoms with van der Waals surface area (Å²) < 4.78 is 51.0. The SMILES string of the molecule is C=C(F)CN1CCc2ccc(-c3ccc(C(F)(F)F)cc3)cc2C1. The smallest absolute Gasteiger partial charge is 0.292 e. The van der Waals surface area contributed by atoms with E-state index in [0.717, 1.165) is 41.8 Å². The van der Waals surface area contributed by atoms with Crippen LogP contribution in [0.25, 0.3) is 11.1 Å². The molecule has 0 spiro atoms. The van der Waals surface area contributed by atoms with Crippen molar-refractivity contribution in [3.8, 4) is 11.1 Å². The average Bonchev–Trinajstić information content (AvgIpc) is 2.53. The Hall–Kier alpha value is -2.14. The molecule has 1 heterocycles. The molecule has 0 radical (unpaired) electrons. The highest BCUT2D eigenvalue weighted by Gasteiger charge is 2.30. The van der Waals surface area contributed by atoms with Gasteiger partial charge in [0, 0.05) is 19.6 Å². The molecule has 3 rings (SSSR count). The number of hydrogen-bond acceptors (Lipinski definition) is 1. The van der Waals surface area contributed by atoms with Gasteiger partial charge in [-0.1, -0.05) is 30.8 Å². The van der Waals surface area contributed by atoms with Crippen LogP contribution in [0.15, 0.2) is 54.9 Å². The van der Waals surface area contributed by atoms with E-state index in [1.165, 1.54) is 17.7 Å². The number of nitrogens with zero attached hydrogens (tertiary/aromatic N) is 1. The molecule has 0 atom stereocenters. The molecule has 24 heavy (non-hydrogen) atoms. The van der Waals surface area contributed by atoms with E-state index in [-0.39, 0.29) is 12.4 Å². The Kier molecular flexibility index (Phi) is 4.45. The van der Waals surface area contributed by atoms with E-state index in [1.54, 1.807) is 0 Å². The van der Waals surface area contributed by atoms with Gasteiger partial charge in [0.05, 0.1) is 5.56 Å². The molecule has 0 aromatic heterocycles. The predicted molar refractivity (Wildman–Crippen MR) is 86.1 cm³/mol. The van der Waals surface area contributed by atoms with Crippen LogP contribution in [0.5, 0.6) is 0 Å². The van der Waals surface area contributed by atoms with Crippen molar-refractivity contribution >= 4 is 0 Å². The topological polar surface area (TPSA) is 3.24 Å². The van der Waals surface area contributed by atoms with Crippen LogP contribution >= 0.6 is 0 Å². The third-order valence-corrected chi connectivity index (χ3v) is 4.24. The molecule has 1 aliphatic heterocycles. The first-order chi connectivity index (χ1) is 11.3. The number of fused-ring (bicyclic) bond motifs is 1. The minimum Gasteiger partial charge on any atom is -0.292 e. The third kappa shape index (κ3) is 3.67. The Morgan fingerprint density at radius 1 is 1.00 bits per heavy atom. The van der Waals surface area contributed by atoms with Crippen LogP contribution in [0.4, 0.5) is 17.6 Å². The van der Waals surface area contributed by atoms with Gasteiger partial charge in [-0.15, -0.1) is 0 Å². The Morgan fingerprint density at radius 2 is 1.67 bits per heavy atom. The lowest BCUT2D eigenvalue weighted by atomic mass is 9.94. The lowest BCUT2D eigenvalue weighted by Gasteiger charge is -2.28. The molecule has 2 aromatic rings. The number of halogens is 4. The van der Waals surface area contributed by atoms with Gasteiger partial charge in [0.1, 0.15) is 5.83 Å². The molecule has 0 saturated carbocycles. The predicted octanol–water partition coefficient (Wildman–Crippen LogP) is 5.21. The van der Waals surface area contributed by atoms with Crippen LogP contribution in [0, 0.1) is 0 Å². The summed E-state index contributed by atoms with van der Waals surface area (Å²) in [5.74, 6) is -0.364. The van der Waals surface area contributed by atoms with Crippen LogP contribution in [-0.4, -0.2) is 18.0 Å². The Labute approximate surface area is 138 Å². The van der Waals surface area contributed by atoms with Gasteiger partial charge in [0.25, 0.3) is 0 Å². The molecule has 0 saturated heterocycles. The zero-order valence-electron chi connectivity index (χ0n) is 13.0. The van der Waals surface area contributed by atoms with Crippen LogP contribution in [0.3, 0.4) is 0 Å². The first-order valence-electron chi connectivity index (χ1n) is 7.68. The Bertz CT molecular complexity index is 747. The van der Waals surface area contributed by atoms with Crippen molar-refractivity contribution in [3.63, 3.8) is 0 Å². The summed E-state index contributed by atoms with van der Waals surface area (Å²) in [5, 5.41) is 0. The molecule has 5 heteroatoms. The van der Waals surface area contributed by atoms with E-state index in [0.29, 0.717) is 6.54 Å². The molecule has 0 aliphatic carbocycles. The minimum absolute atomic E-state index is 0.212. The molecule has 1 nitrogen and oxygen atoms in total. The largest absolute Gasteiger partial charge is 0.416 e. The minimum atomic E-state index is -4.33. The van der Waals surface area contributed by atoms with Crippen molar-refractivity contribution in [2.75, 3.05) is 13.1 Å². The monoisotopic (exact) mass is 335 g/mol. The van der Waals surface area contributed by atoms with Crippen molar-refractivity contribution in [1.29, 1.82) is 0 Å². The van der Waals surface area contributed by atoms with E-state index in [2.05, 4.69) is 6.58 Å². The summed E-state index contributed by atoms with van der Waals surface area (Å²) in [6.45, 7) is 4.90. The van der Waals surface area contributed by atoms with Crippen LogP contribution in [-0.2, 0) is 19.1 Å². The Balaban J connectivity index is 1.84. The highest BCUT2D eigenvalue weighted by Crippen LogP contribution is 2.32. The summed E-state index contributed by atoms with van der Waals surface area (Å²) in [6, 6.07) is 11.0. The summed E-state index contributed by atoms with van der Waals surface area (Å²) in [6.07, 6.45) is -3.50. The number of rotatable bonds is 3. The fraction of sp³-hybridized carbons (Fsp3) is 0.263. The van der Waals surface area contributed by atoms with Crippen molar-refractivity contribution in [1.82, 2.24) is 4.90 Å². The fourth-order valence-electron chi connectivity index (χ4n) is 3.02. The molecule has 0 N–H and O–H groups in total. The highest BCUT2D eigenvalue weighted by molar-refractivity contribution is 5.65. The molecule has 1 aliphatic rings. The van der Waals surface area contributed by atoms with Gasteiger partial charge in [-0.3, -0.25) is 4.90 Å². The molecule has 2 aromatic carbocycles. The van der Waals surface area contributed by atoms with E-state index < -0.39 is 11.7 Å². The molecule has 0 unspecified atom stereocenters. The van der Waals surface area contributed by atoms with Crippen LogP contribution in [0.1, 0.15) is 16.7 Å². The number of hydrogen-bond donors (Lipinski definition) is 0. The second kappa shape index (κ2) is 6.40. The molecular formula is C19H17F4N. The highest BCUT2D eigenvalue weighted by atomic mass is 19.4. The van der Waals surface area contributed by atoms with E-state index in [4.69, 9.17) is 0 Å². The molecule has 126 valence electrons. The first-order valence-corrected chi connectivity index (χ1v) is 7.68. The van der Waals surface area contributed by atoms with Gasteiger partial charge in [-0.25, -0.2) is 4.39 Å². The summed E-state index contributed by atoms with van der Waals surface area (Å²) in [4.78, 5) is 1.97. The molecule has 0 fully saturated rings. The quantitative estimate of drug-likeness (QED) is 0.696. The van der Waals surface area contributed by atoms with E-state index >= 15 is 0 Å². The zero-order valence-corrected chi connectivity index (χ0v) is 13.0. The maximum Gasteiger partial charge on any atom is 0.416 e. The van der Waals surface area contributed by atoms with E-state index in [1.807, 2.05) is 23.1 Å². The van der Waals surface area contributed by atoms with Crippen molar-refractivity contribution < 1.29 is 17.6 Å². The van der Waals surface area contributed by atoms with E-state index in [9.17, 15) is 17.6 Å². The van der Waals surface area contributed by atoms with Gasteiger partial charge in [0.15, 0.2) is 0 Å². The molecule has 0 bridgehead atoms. The Morgan fingerprint density at radius 3 is 2.29 bits per heavy atom. The van der Waals surface area contributed by atoms with Gasteiger partial charge in [-0.05, 0) is 46.9 Å². The van der Waals surface area contributed by atoms with Crippen LogP contribution in [0.2, 0.25) is 0 Å². The standard InChI is InChI=1S/C19H17F4N/c1-13(20)11-24-9-8-15-2-3-16(10-17(15)12-24)14-4-6-18(7-5-14)19(21,22)23/h2-7,10H,1,8-9,11-12H2. The lowest BCUT2D eigenvalue weighted by Crippen LogP contribution is -2.31. The van der Waals surface area contributed by atoms with Gasteiger partial charge >= 0.3 is 6.18 Å². The van der Waals surface area contributed by atoms with Crippen LogP contribution < -0.4 is 0 Å². The van der Waals surface area contributed by atoms with Gasteiger partial charge < -0.3 is 0 Å². The van der Waals surface area contributed by atoms with Crippen molar-refractivity contribution in [2.45, 2.75) is 19.1 Å². The number of benzene rings is 2. The van der Waals surface area contributed by atoms with Crippen molar-refractivity contribution in [3.05, 3.63) is 71.6 Å². The maximum absolute atomic E-state index is 13.0. The lowest BCUT2D eigenvalue weighted by molar-refractivity contribution is -0.137. The zero-order chi connectivity index (χ0) is 17.3. The molecule has 0 amide bonds. The van der Waals surface area contributed by atoms with Crippen molar-refractivity contribution in [2.24, 2.45) is 0 Å². The molecular weight excluding hydrogens is 318 g/mol. The fourth-order valence-corrected chi connectivity index (χ4v) is 3.02. The maximum atomic E-state index is 13.0. The number of alkyl halides is 3. The third-order valence-electron chi connectivity index (χ3n) is 4.24. The summed E-state index contributed by atoms with van der Waals surface area (Å²) in [7, 11) is 0. The summed E-state index contributed by atoms with van der Waals surface area (Å²) in [5.41, 5.74) is 3.23.